The maximum absolute atomic E-state index is 12.8. The number of benzene rings is 1. The molecule has 0 fully saturated rings. The Morgan fingerprint density at radius 3 is 2.71 bits per heavy atom. The summed E-state index contributed by atoms with van der Waals surface area (Å²) in [5.74, 6) is -0.554. The molecule has 0 bridgehead atoms. The van der Waals surface area contributed by atoms with Crippen LogP contribution < -0.4 is 10.6 Å². The fraction of sp³-hybridized carbons (Fsp3) is 0.364. The molecule has 0 unspecified atom stereocenters. The van der Waals surface area contributed by atoms with Crippen LogP contribution in [-0.4, -0.2) is 26.0 Å². The molecule has 1 amide bonds. The number of rotatable bonds is 5. The van der Waals surface area contributed by atoms with Crippen LogP contribution in [0.1, 0.15) is 16.8 Å². The molecule has 0 saturated heterocycles. The van der Waals surface area contributed by atoms with Crippen LogP contribution in [0.15, 0.2) is 22.7 Å². The topological polar surface area (TPSA) is 41.1 Å². The van der Waals surface area contributed by atoms with E-state index in [4.69, 9.17) is 0 Å². The number of amides is 1. The zero-order chi connectivity index (χ0) is 12.0. The van der Waals surface area contributed by atoms with Crippen molar-refractivity contribution < 1.29 is 9.18 Å². The van der Waals surface area contributed by atoms with Crippen molar-refractivity contribution in [3.8, 4) is 0 Å². The molecule has 0 radical (unpaired) electrons. The highest BCUT2D eigenvalue weighted by molar-refractivity contribution is 9.10. The molecule has 0 saturated carbocycles. The summed E-state index contributed by atoms with van der Waals surface area (Å²) in [6.07, 6.45) is 0.862. The summed E-state index contributed by atoms with van der Waals surface area (Å²) in [5, 5.41) is 5.75. The molecule has 0 heterocycles. The Bertz CT molecular complexity index is 376. The van der Waals surface area contributed by atoms with Gasteiger partial charge in [0.2, 0.25) is 0 Å². The van der Waals surface area contributed by atoms with Gasteiger partial charge < -0.3 is 10.6 Å². The molecule has 2 N–H and O–H groups in total. The molecule has 0 spiro atoms. The predicted octanol–water partition coefficient (Wildman–Crippen LogP) is 2.35. The Morgan fingerprint density at radius 1 is 1.41 bits per heavy atom. The molecule has 6 heteroatoms. The first-order valence-corrected chi connectivity index (χ1v) is 5.82. The first-order chi connectivity index (χ1) is 7.65. The van der Waals surface area contributed by atoms with Gasteiger partial charge in [-0.1, -0.05) is 0 Å². The van der Waals surface area contributed by atoms with Crippen LogP contribution >= 0.6 is 28.3 Å². The Labute approximate surface area is 115 Å². The minimum Gasteiger partial charge on any atom is -0.352 e. The summed E-state index contributed by atoms with van der Waals surface area (Å²) in [7, 11) is 1.86. The molecule has 3 nitrogen and oxygen atoms in total. The van der Waals surface area contributed by atoms with Gasteiger partial charge in [0.05, 0.1) is 5.56 Å². The molecule has 1 aromatic rings. The number of hydrogen-bond acceptors (Lipinski definition) is 2. The average molecular weight is 326 g/mol. The second-order valence-electron chi connectivity index (χ2n) is 3.34. The van der Waals surface area contributed by atoms with Gasteiger partial charge in [0.1, 0.15) is 5.82 Å². The lowest BCUT2D eigenvalue weighted by molar-refractivity contribution is 0.0952. The van der Waals surface area contributed by atoms with Crippen LogP contribution in [0, 0.1) is 5.82 Å². The van der Waals surface area contributed by atoms with Gasteiger partial charge in [-0.05, 0) is 54.1 Å². The van der Waals surface area contributed by atoms with E-state index in [1.165, 1.54) is 18.2 Å². The summed E-state index contributed by atoms with van der Waals surface area (Å²) in [5.41, 5.74) is 0.450. The fourth-order valence-corrected chi connectivity index (χ4v) is 1.77. The molecule has 0 atom stereocenters. The molecule has 1 aromatic carbocycles. The van der Waals surface area contributed by atoms with Gasteiger partial charge in [0.15, 0.2) is 0 Å². The maximum atomic E-state index is 12.8. The Morgan fingerprint density at radius 2 is 2.12 bits per heavy atom. The summed E-state index contributed by atoms with van der Waals surface area (Å²) in [6.45, 7) is 1.45. The fourth-order valence-electron chi connectivity index (χ4n) is 1.24. The van der Waals surface area contributed by atoms with Crippen LogP contribution in [0.3, 0.4) is 0 Å². The minimum atomic E-state index is -0.362. The molecule has 0 aliphatic carbocycles. The van der Waals surface area contributed by atoms with E-state index in [2.05, 4.69) is 26.6 Å². The summed E-state index contributed by atoms with van der Waals surface area (Å²) in [6, 6.07) is 4.02. The van der Waals surface area contributed by atoms with Gasteiger partial charge in [0, 0.05) is 11.0 Å². The van der Waals surface area contributed by atoms with Gasteiger partial charge in [-0.25, -0.2) is 4.39 Å². The highest BCUT2D eigenvalue weighted by Gasteiger charge is 2.09. The Hall–Kier alpha value is -0.650. The first kappa shape index (κ1) is 16.4. The molecule has 17 heavy (non-hydrogen) atoms. The lowest BCUT2D eigenvalue weighted by Crippen LogP contribution is -2.26. The highest BCUT2D eigenvalue weighted by Crippen LogP contribution is 2.17. The lowest BCUT2D eigenvalue weighted by Gasteiger charge is -2.06. The second kappa shape index (κ2) is 8.44. The maximum Gasteiger partial charge on any atom is 0.252 e. The van der Waals surface area contributed by atoms with E-state index in [0.29, 0.717) is 16.6 Å². The SMILES string of the molecule is CNCCCNC(=O)c1ccc(F)cc1Br.Cl. The second-order valence-corrected chi connectivity index (χ2v) is 4.19. The van der Waals surface area contributed by atoms with Gasteiger partial charge in [-0.2, -0.15) is 0 Å². The molecule has 1 rings (SSSR count). The van der Waals surface area contributed by atoms with Crippen LogP contribution in [0.5, 0.6) is 0 Å². The molecule has 0 aliphatic rings. The molecule has 96 valence electrons. The van der Waals surface area contributed by atoms with E-state index >= 15 is 0 Å². The van der Waals surface area contributed by atoms with E-state index < -0.39 is 0 Å². The van der Waals surface area contributed by atoms with E-state index in [9.17, 15) is 9.18 Å². The van der Waals surface area contributed by atoms with Crippen molar-refractivity contribution in [1.29, 1.82) is 0 Å². The minimum absolute atomic E-state index is 0. The van der Waals surface area contributed by atoms with Crippen molar-refractivity contribution in [2.75, 3.05) is 20.1 Å². The van der Waals surface area contributed by atoms with Crippen molar-refractivity contribution in [3.63, 3.8) is 0 Å². The number of halogens is 3. The average Bonchev–Trinajstić information content (AvgIpc) is 2.24. The molecular weight excluding hydrogens is 310 g/mol. The van der Waals surface area contributed by atoms with E-state index in [0.717, 1.165) is 13.0 Å². The van der Waals surface area contributed by atoms with Gasteiger partial charge in [-0.15, -0.1) is 12.4 Å². The number of hydrogen-bond donors (Lipinski definition) is 2. The predicted molar refractivity (Wildman–Crippen MR) is 72.2 cm³/mol. The van der Waals surface area contributed by atoms with Crippen molar-refractivity contribution in [1.82, 2.24) is 10.6 Å². The van der Waals surface area contributed by atoms with Gasteiger partial charge >= 0.3 is 0 Å². The quantitative estimate of drug-likeness (QED) is 0.816. The summed E-state index contributed by atoms with van der Waals surface area (Å²) in [4.78, 5) is 11.7. The van der Waals surface area contributed by atoms with Crippen LogP contribution in [0.2, 0.25) is 0 Å². The molecule has 0 aliphatic heterocycles. The largest absolute Gasteiger partial charge is 0.352 e. The number of carbonyl (C=O) groups excluding carboxylic acids is 1. The Kier molecular flexibility index (Phi) is 8.12. The zero-order valence-corrected chi connectivity index (χ0v) is 11.8. The molecule has 0 aromatic heterocycles. The smallest absolute Gasteiger partial charge is 0.252 e. The normalized spacial score (nSPS) is 9.59. The molecular formula is C11H15BrClFN2O. The standard InChI is InChI=1S/C11H14BrFN2O.ClH/c1-14-5-2-6-15-11(16)9-4-3-8(13)7-10(9)12;/h3-4,7,14H,2,5-6H2,1H3,(H,15,16);1H. The highest BCUT2D eigenvalue weighted by atomic mass is 79.9. The van der Waals surface area contributed by atoms with Crippen LogP contribution in [0.25, 0.3) is 0 Å². The van der Waals surface area contributed by atoms with Crippen LogP contribution in [-0.2, 0) is 0 Å². The van der Waals surface area contributed by atoms with Crippen molar-refractivity contribution >= 4 is 34.2 Å². The summed E-state index contributed by atoms with van der Waals surface area (Å²) >= 11 is 3.16. The van der Waals surface area contributed by atoms with Crippen molar-refractivity contribution in [3.05, 3.63) is 34.1 Å². The van der Waals surface area contributed by atoms with Crippen molar-refractivity contribution in [2.45, 2.75) is 6.42 Å². The van der Waals surface area contributed by atoms with E-state index in [1.54, 1.807) is 0 Å². The number of nitrogens with one attached hydrogen (secondary N) is 2. The third kappa shape index (κ3) is 5.48. The van der Waals surface area contributed by atoms with Crippen LogP contribution in [0.4, 0.5) is 4.39 Å². The first-order valence-electron chi connectivity index (χ1n) is 5.03. The zero-order valence-electron chi connectivity index (χ0n) is 9.43. The van der Waals surface area contributed by atoms with E-state index in [1.807, 2.05) is 7.05 Å². The van der Waals surface area contributed by atoms with Gasteiger partial charge in [0.25, 0.3) is 5.91 Å². The summed E-state index contributed by atoms with van der Waals surface area (Å²) < 4.78 is 13.3. The van der Waals surface area contributed by atoms with E-state index in [-0.39, 0.29) is 24.1 Å². The Balaban J connectivity index is 0.00000256. The monoisotopic (exact) mass is 324 g/mol. The van der Waals surface area contributed by atoms with Gasteiger partial charge in [-0.3, -0.25) is 4.79 Å². The van der Waals surface area contributed by atoms with Crippen molar-refractivity contribution in [2.24, 2.45) is 0 Å². The lowest BCUT2D eigenvalue weighted by atomic mass is 10.2. The third-order valence-corrected chi connectivity index (χ3v) is 2.72. The third-order valence-electron chi connectivity index (χ3n) is 2.06. The number of carbonyl (C=O) groups is 1.